The van der Waals surface area contributed by atoms with Crippen LogP contribution in [0.1, 0.15) is 11.3 Å². The normalized spacial score (nSPS) is 10.2. The molecule has 0 saturated carbocycles. The van der Waals surface area contributed by atoms with E-state index >= 15 is 0 Å². The van der Waals surface area contributed by atoms with Crippen LogP contribution < -0.4 is 10.6 Å². The summed E-state index contributed by atoms with van der Waals surface area (Å²) in [6, 6.07) is 7.04. The summed E-state index contributed by atoms with van der Waals surface area (Å²) in [6.45, 7) is 3.55. The lowest BCUT2D eigenvalue weighted by molar-refractivity contribution is -0.133. The third kappa shape index (κ3) is 3.56. The molecule has 0 fully saturated rings. The maximum absolute atomic E-state index is 11.8. The van der Waals surface area contributed by atoms with Gasteiger partial charge >= 0.3 is 11.8 Å². The number of anilines is 2. The zero-order valence-electron chi connectivity index (χ0n) is 10.9. The van der Waals surface area contributed by atoms with Crippen LogP contribution in [0.15, 0.2) is 28.8 Å². The van der Waals surface area contributed by atoms with Crippen molar-refractivity contribution in [2.24, 2.45) is 0 Å². The molecular weight excluding hydrogens is 373 g/mol. The fourth-order valence-electron chi connectivity index (χ4n) is 1.54. The Balaban J connectivity index is 2.02. The number of carbonyl (C=O) groups excluding carboxylic acids is 2. The summed E-state index contributed by atoms with van der Waals surface area (Å²) < 4.78 is 5.85. The minimum atomic E-state index is -0.795. The maximum Gasteiger partial charge on any atom is 0.315 e. The van der Waals surface area contributed by atoms with Crippen LogP contribution in [0.2, 0.25) is 0 Å². The van der Waals surface area contributed by atoms with Crippen molar-refractivity contribution in [3.05, 3.63) is 39.2 Å². The first kappa shape index (κ1) is 14.5. The van der Waals surface area contributed by atoms with E-state index in [9.17, 15) is 9.59 Å². The Labute approximate surface area is 129 Å². The average Bonchev–Trinajstić information content (AvgIpc) is 2.78. The van der Waals surface area contributed by atoms with Gasteiger partial charge in [-0.05, 0) is 60.2 Å². The van der Waals surface area contributed by atoms with Gasteiger partial charge in [-0.1, -0.05) is 5.16 Å². The van der Waals surface area contributed by atoms with Gasteiger partial charge in [0.2, 0.25) is 0 Å². The van der Waals surface area contributed by atoms with Crippen molar-refractivity contribution in [1.82, 2.24) is 5.16 Å². The molecule has 0 aliphatic heterocycles. The van der Waals surface area contributed by atoms with Gasteiger partial charge in [-0.15, -0.1) is 0 Å². The number of aryl methyl sites for hydroxylation is 2. The molecule has 1 aromatic carbocycles. The van der Waals surface area contributed by atoms with E-state index in [1.807, 2.05) is 19.1 Å². The fourth-order valence-corrected chi connectivity index (χ4v) is 2.19. The van der Waals surface area contributed by atoms with Crippen LogP contribution in [0, 0.1) is 17.4 Å². The summed E-state index contributed by atoms with van der Waals surface area (Å²) in [5, 5.41) is 8.49. The fraction of sp³-hybridized carbons (Fsp3) is 0.154. The van der Waals surface area contributed by atoms with Gasteiger partial charge in [-0.2, -0.15) is 0 Å². The largest absolute Gasteiger partial charge is 0.360 e. The molecule has 0 bridgehead atoms. The molecule has 2 N–H and O–H groups in total. The summed E-state index contributed by atoms with van der Waals surface area (Å²) in [7, 11) is 0. The molecule has 2 rings (SSSR count). The van der Waals surface area contributed by atoms with Crippen LogP contribution in [-0.4, -0.2) is 17.0 Å². The summed E-state index contributed by atoms with van der Waals surface area (Å²) in [5.74, 6) is -0.789. The molecule has 0 spiro atoms. The second-order valence-electron chi connectivity index (χ2n) is 4.19. The predicted molar refractivity (Wildman–Crippen MR) is 82.4 cm³/mol. The molecule has 7 heteroatoms. The van der Waals surface area contributed by atoms with Crippen LogP contribution in [0.3, 0.4) is 0 Å². The van der Waals surface area contributed by atoms with E-state index in [4.69, 9.17) is 4.52 Å². The van der Waals surface area contributed by atoms with E-state index < -0.39 is 11.8 Å². The predicted octanol–water partition coefficient (Wildman–Crippen LogP) is 2.47. The van der Waals surface area contributed by atoms with Crippen LogP contribution in [0.4, 0.5) is 11.5 Å². The first-order valence-electron chi connectivity index (χ1n) is 5.77. The summed E-state index contributed by atoms with van der Waals surface area (Å²) in [5.41, 5.74) is 1.48. The highest BCUT2D eigenvalue weighted by molar-refractivity contribution is 14.1. The minimum absolute atomic E-state index is 0.210. The van der Waals surface area contributed by atoms with Gasteiger partial charge in [0.1, 0.15) is 5.76 Å². The molecule has 1 aromatic heterocycles. The number of hydrogen-bond donors (Lipinski definition) is 2. The van der Waals surface area contributed by atoms with Crippen molar-refractivity contribution in [3.63, 3.8) is 0 Å². The average molecular weight is 385 g/mol. The number of rotatable bonds is 2. The third-order valence-electron chi connectivity index (χ3n) is 2.51. The zero-order valence-corrected chi connectivity index (χ0v) is 13.0. The number of nitrogens with zero attached hydrogens (tertiary/aromatic N) is 1. The number of amides is 2. The molecule has 0 radical (unpaired) electrons. The van der Waals surface area contributed by atoms with Crippen molar-refractivity contribution >= 4 is 45.9 Å². The van der Waals surface area contributed by atoms with Gasteiger partial charge in [0.25, 0.3) is 0 Å². The lowest BCUT2D eigenvalue weighted by Gasteiger charge is -2.08. The molecule has 0 aliphatic carbocycles. The highest BCUT2D eigenvalue weighted by Crippen LogP contribution is 2.17. The molecule has 104 valence electrons. The van der Waals surface area contributed by atoms with Crippen molar-refractivity contribution < 1.29 is 14.1 Å². The molecule has 1 heterocycles. The third-order valence-corrected chi connectivity index (χ3v) is 3.18. The molecule has 0 unspecified atom stereocenters. The van der Waals surface area contributed by atoms with Crippen molar-refractivity contribution in [2.75, 3.05) is 10.6 Å². The van der Waals surface area contributed by atoms with E-state index in [2.05, 4.69) is 38.4 Å². The van der Waals surface area contributed by atoms with Gasteiger partial charge in [0.05, 0.1) is 0 Å². The highest BCUT2D eigenvalue weighted by atomic mass is 127. The monoisotopic (exact) mass is 385 g/mol. The zero-order chi connectivity index (χ0) is 14.7. The minimum Gasteiger partial charge on any atom is -0.360 e. The SMILES string of the molecule is Cc1cc(NC(=O)C(=O)Nc2ccc(I)cc2C)no1. The first-order chi connectivity index (χ1) is 9.45. The Kier molecular flexibility index (Phi) is 4.38. The second-order valence-corrected chi connectivity index (χ2v) is 5.44. The molecule has 2 amide bonds. The lowest BCUT2D eigenvalue weighted by atomic mass is 10.2. The Morgan fingerprint density at radius 2 is 1.85 bits per heavy atom. The number of hydrogen-bond acceptors (Lipinski definition) is 4. The Hall–Kier alpha value is -1.90. The Morgan fingerprint density at radius 3 is 2.45 bits per heavy atom. The standard InChI is InChI=1S/C13H12IN3O3/c1-7-5-9(14)3-4-10(7)15-12(18)13(19)16-11-6-8(2)20-17-11/h3-6H,1-2H3,(H,15,18)(H,16,17,19). The maximum atomic E-state index is 11.8. The van der Waals surface area contributed by atoms with E-state index in [0.29, 0.717) is 11.4 Å². The number of benzene rings is 1. The van der Waals surface area contributed by atoms with E-state index in [1.165, 1.54) is 6.07 Å². The molecular formula is C13H12IN3O3. The number of carbonyl (C=O) groups is 2. The van der Waals surface area contributed by atoms with Gasteiger partial charge in [0, 0.05) is 15.3 Å². The van der Waals surface area contributed by atoms with Gasteiger partial charge in [-0.25, -0.2) is 0 Å². The summed E-state index contributed by atoms with van der Waals surface area (Å²) >= 11 is 2.18. The molecule has 20 heavy (non-hydrogen) atoms. The van der Waals surface area contributed by atoms with Crippen LogP contribution in [0.25, 0.3) is 0 Å². The van der Waals surface area contributed by atoms with Crippen molar-refractivity contribution in [2.45, 2.75) is 13.8 Å². The van der Waals surface area contributed by atoms with E-state index in [1.54, 1.807) is 13.0 Å². The number of aromatic nitrogens is 1. The number of halogens is 1. The molecule has 2 aromatic rings. The van der Waals surface area contributed by atoms with Crippen molar-refractivity contribution in [3.8, 4) is 0 Å². The van der Waals surface area contributed by atoms with Gasteiger partial charge < -0.3 is 9.84 Å². The summed E-state index contributed by atoms with van der Waals surface area (Å²) in [4.78, 5) is 23.5. The number of nitrogens with one attached hydrogen (secondary N) is 2. The lowest BCUT2D eigenvalue weighted by Crippen LogP contribution is -2.29. The highest BCUT2D eigenvalue weighted by Gasteiger charge is 2.16. The van der Waals surface area contributed by atoms with Crippen molar-refractivity contribution in [1.29, 1.82) is 0 Å². The van der Waals surface area contributed by atoms with Crippen LogP contribution >= 0.6 is 22.6 Å². The molecule has 0 aliphatic rings. The van der Waals surface area contributed by atoms with Gasteiger partial charge in [0.15, 0.2) is 5.82 Å². The van der Waals surface area contributed by atoms with E-state index in [-0.39, 0.29) is 5.82 Å². The second kappa shape index (κ2) is 6.04. The van der Waals surface area contributed by atoms with Gasteiger partial charge in [-0.3, -0.25) is 14.9 Å². The summed E-state index contributed by atoms with van der Waals surface area (Å²) in [6.07, 6.45) is 0. The molecule has 0 atom stereocenters. The Morgan fingerprint density at radius 1 is 1.15 bits per heavy atom. The van der Waals surface area contributed by atoms with E-state index in [0.717, 1.165) is 9.13 Å². The Bertz CT molecular complexity index is 667. The first-order valence-corrected chi connectivity index (χ1v) is 6.85. The quantitative estimate of drug-likeness (QED) is 0.615. The topological polar surface area (TPSA) is 84.2 Å². The molecule has 6 nitrogen and oxygen atoms in total. The smallest absolute Gasteiger partial charge is 0.315 e. The molecule has 0 saturated heterocycles. The van der Waals surface area contributed by atoms with Crippen LogP contribution in [0.5, 0.6) is 0 Å². The van der Waals surface area contributed by atoms with Crippen LogP contribution in [-0.2, 0) is 9.59 Å².